The Kier molecular flexibility index (Phi) is 38.0. The molecular formula is C51H82O17P2. The lowest BCUT2D eigenvalue weighted by molar-refractivity contribution is -0.216. The summed E-state index contributed by atoms with van der Waals surface area (Å²) >= 11 is 0. The number of hydrogen-bond acceptors (Lipinski definition) is 14. The van der Waals surface area contributed by atoms with Gasteiger partial charge in [0.1, 0.15) is 43.2 Å². The van der Waals surface area contributed by atoms with Crippen LogP contribution in [0, 0.1) is 0 Å². The lowest BCUT2D eigenvalue weighted by atomic mass is 9.85. The predicted octanol–water partition coefficient (Wildman–Crippen LogP) is 8.70. The Labute approximate surface area is 415 Å². The van der Waals surface area contributed by atoms with E-state index in [1.54, 1.807) is 0 Å². The number of carbonyl (C=O) groups excluding carboxylic acids is 2. The van der Waals surface area contributed by atoms with E-state index in [-0.39, 0.29) is 19.4 Å². The van der Waals surface area contributed by atoms with E-state index in [1.165, 1.54) is 0 Å². The maximum atomic E-state index is 13.0. The Hall–Kier alpha value is -3.38. The van der Waals surface area contributed by atoms with Crippen molar-refractivity contribution < 1.29 is 82.0 Å². The smallest absolute Gasteiger partial charge is 0.462 e. The third-order valence-corrected chi connectivity index (χ3v) is 11.9. The van der Waals surface area contributed by atoms with Gasteiger partial charge in [0.15, 0.2) is 6.10 Å². The molecule has 5 unspecified atom stereocenters. The minimum absolute atomic E-state index is 0.0192. The fourth-order valence-corrected chi connectivity index (χ4v) is 8.15. The summed E-state index contributed by atoms with van der Waals surface area (Å²) in [6.07, 6.45) is 37.7. The fourth-order valence-electron chi connectivity index (χ4n) is 6.61. The molecule has 19 heteroatoms. The molecule has 0 aromatic rings. The normalized spacial score (nSPS) is 21.9. The van der Waals surface area contributed by atoms with Crippen LogP contribution in [0.2, 0.25) is 0 Å². The highest BCUT2D eigenvalue weighted by Gasteiger charge is 2.54. The van der Waals surface area contributed by atoms with E-state index in [0.29, 0.717) is 25.7 Å². The first-order valence-corrected chi connectivity index (χ1v) is 27.6. The third-order valence-electron chi connectivity index (χ3n) is 10.4. The van der Waals surface area contributed by atoms with Crippen molar-refractivity contribution >= 4 is 27.6 Å². The van der Waals surface area contributed by atoms with E-state index in [2.05, 4.69) is 103 Å². The van der Waals surface area contributed by atoms with Gasteiger partial charge in [-0.05, 0) is 103 Å². The molecule has 0 bridgehead atoms. The van der Waals surface area contributed by atoms with Gasteiger partial charge in [-0.1, -0.05) is 129 Å². The van der Waals surface area contributed by atoms with Crippen molar-refractivity contribution in [1.82, 2.24) is 0 Å². The zero-order valence-corrected chi connectivity index (χ0v) is 42.6. The van der Waals surface area contributed by atoms with Gasteiger partial charge < -0.3 is 49.7 Å². The monoisotopic (exact) mass is 1030 g/mol. The lowest BCUT2D eigenvalue weighted by Gasteiger charge is -2.43. The quantitative estimate of drug-likeness (QED) is 0.0123. The summed E-state index contributed by atoms with van der Waals surface area (Å²) in [7, 11) is -10.7. The van der Waals surface area contributed by atoms with Crippen LogP contribution in [0.25, 0.3) is 0 Å². The van der Waals surface area contributed by atoms with Gasteiger partial charge in [-0.15, -0.1) is 0 Å². The van der Waals surface area contributed by atoms with Gasteiger partial charge in [0.25, 0.3) is 0 Å². The van der Waals surface area contributed by atoms with E-state index in [0.717, 1.165) is 89.9 Å². The number of aliphatic hydroxyl groups is 5. The second-order valence-corrected chi connectivity index (χ2v) is 19.1. The first-order valence-electron chi connectivity index (χ1n) is 24.5. The van der Waals surface area contributed by atoms with E-state index in [1.807, 2.05) is 18.2 Å². The van der Waals surface area contributed by atoms with Gasteiger partial charge in [0.05, 0.1) is 6.61 Å². The maximum Gasteiger partial charge on any atom is 0.472 e. The Morgan fingerprint density at radius 3 is 1.36 bits per heavy atom. The van der Waals surface area contributed by atoms with E-state index in [9.17, 15) is 53.8 Å². The summed E-state index contributed by atoms with van der Waals surface area (Å²) in [5.41, 5.74) is 0. The predicted molar refractivity (Wildman–Crippen MR) is 270 cm³/mol. The third kappa shape index (κ3) is 34.9. The molecule has 1 fully saturated rings. The second-order valence-electron chi connectivity index (χ2n) is 16.5. The number of hydrogen-bond donors (Lipinski definition) is 8. The minimum Gasteiger partial charge on any atom is -0.462 e. The Balaban J connectivity index is 2.64. The molecule has 0 aliphatic heterocycles. The number of ether oxygens (including phenoxy) is 2. The van der Waals surface area contributed by atoms with Crippen LogP contribution in [0.3, 0.4) is 0 Å². The number of esters is 2. The lowest BCUT2D eigenvalue weighted by Crippen LogP contribution is -2.64. The number of unbranched alkanes of at least 4 members (excludes halogenated alkanes) is 7. The average molecular weight is 1030 g/mol. The highest BCUT2D eigenvalue weighted by molar-refractivity contribution is 7.47. The van der Waals surface area contributed by atoms with Gasteiger partial charge >= 0.3 is 27.6 Å². The van der Waals surface area contributed by atoms with Crippen molar-refractivity contribution in [3.63, 3.8) is 0 Å². The zero-order valence-electron chi connectivity index (χ0n) is 40.8. The van der Waals surface area contributed by atoms with E-state index >= 15 is 0 Å². The highest BCUT2D eigenvalue weighted by atomic mass is 31.2. The van der Waals surface area contributed by atoms with Crippen molar-refractivity contribution in [2.45, 2.75) is 178 Å². The maximum absolute atomic E-state index is 13.0. The van der Waals surface area contributed by atoms with Crippen LogP contribution in [0.5, 0.6) is 0 Å². The number of allylic oxidation sites excluding steroid dienone is 18. The van der Waals surface area contributed by atoms with Gasteiger partial charge in [-0.25, -0.2) is 9.13 Å². The molecule has 0 spiro atoms. The standard InChI is InChI=1S/C51H82O17P2/c1-2-3-4-5-6-7-8-9-10-11-12-14-18-21-24-27-30-33-36-39-45(54)66-43(42-65-70(62,63)68-51-48(57)46(55)47(56)50(49(51)58)67-69(59,60)61)41-64-44(53)38-35-32-29-26-23-20-17-15-13-16-19-22-25-28-31-34-37-40-52/h3-4,6-7,9-10,12-14,16-17,20-22,24-26,29,43,46-52,55-58H,2,5,8,11,15,18-19,23,27-28,30-42H2,1H3,(H,62,63)(H2,59,60,61)/b4-3-,7-6-,10-9-,14-12-,16-13-,20-17-,24-21-,25-22-,29-26-/t43-,46?,47?,48?,49?,50-,51+/m1/s1. The fraction of sp³-hybridized carbons (Fsp3) is 0.608. The molecule has 0 saturated heterocycles. The van der Waals surface area contributed by atoms with Crippen molar-refractivity contribution in [2.24, 2.45) is 0 Å². The molecule has 17 nitrogen and oxygen atoms in total. The highest BCUT2D eigenvalue weighted by Crippen LogP contribution is 2.49. The van der Waals surface area contributed by atoms with Crippen LogP contribution in [-0.2, 0) is 41.8 Å². The molecule has 1 aliphatic rings. The summed E-state index contributed by atoms with van der Waals surface area (Å²) in [6, 6.07) is 0. The van der Waals surface area contributed by atoms with E-state index in [4.69, 9.17) is 23.6 Å². The van der Waals surface area contributed by atoms with Crippen LogP contribution in [-0.4, -0.2) is 115 Å². The van der Waals surface area contributed by atoms with Crippen LogP contribution in [0.4, 0.5) is 0 Å². The molecule has 8 N–H and O–H groups in total. The van der Waals surface area contributed by atoms with Crippen molar-refractivity contribution in [2.75, 3.05) is 19.8 Å². The number of carbonyl (C=O) groups is 2. The van der Waals surface area contributed by atoms with Crippen molar-refractivity contribution in [3.05, 3.63) is 109 Å². The van der Waals surface area contributed by atoms with Gasteiger partial charge in [-0.3, -0.25) is 23.2 Å². The summed E-state index contributed by atoms with van der Waals surface area (Å²) in [5, 5.41) is 50.1. The van der Waals surface area contributed by atoms with Gasteiger partial charge in [0, 0.05) is 19.4 Å². The molecule has 0 aromatic carbocycles. The Bertz CT molecular complexity index is 1760. The minimum atomic E-state index is -5.38. The Morgan fingerprint density at radius 1 is 0.486 bits per heavy atom. The van der Waals surface area contributed by atoms with Gasteiger partial charge in [0.2, 0.25) is 0 Å². The molecular weight excluding hydrogens is 946 g/mol. The van der Waals surface area contributed by atoms with Crippen LogP contribution in [0.1, 0.15) is 135 Å². The molecule has 1 rings (SSSR count). The number of rotatable bonds is 40. The van der Waals surface area contributed by atoms with Crippen LogP contribution < -0.4 is 0 Å². The SMILES string of the molecule is CC/C=C\C/C=C\C/C=C\C/C=C\C/C=C\CCCCCC(=O)O[C@H](COC(=O)CCC/C=C\C/C=C\C/C=C\C/C=C\CCCCCO)COP(=O)(O)O[C@H]1C(O)C(O)C(O)[C@@H](OP(=O)(O)O)C1O. The zero-order chi connectivity index (χ0) is 51.7. The number of phosphoric acid groups is 2. The summed E-state index contributed by atoms with van der Waals surface area (Å²) in [5.74, 6) is -1.33. The van der Waals surface area contributed by atoms with Crippen LogP contribution >= 0.6 is 15.6 Å². The Morgan fingerprint density at radius 2 is 0.900 bits per heavy atom. The molecule has 0 amide bonds. The van der Waals surface area contributed by atoms with Crippen molar-refractivity contribution in [3.8, 4) is 0 Å². The summed E-state index contributed by atoms with van der Waals surface area (Å²) in [4.78, 5) is 54.3. The largest absolute Gasteiger partial charge is 0.472 e. The van der Waals surface area contributed by atoms with Crippen molar-refractivity contribution in [1.29, 1.82) is 0 Å². The average Bonchev–Trinajstić information content (AvgIpc) is 3.32. The first kappa shape index (κ1) is 64.6. The molecule has 0 aromatic heterocycles. The van der Waals surface area contributed by atoms with Crippen LogP contribution in [0.15, 0.2) is 109 Å². The molecule has 1 aliphatic carbocycles. The molecule has 398 valence electrons. The second kappa shape index (κ2) is 41.1. The van der Waals surface area contributed by atoms with Gasteiger partial charge in [-0.2, -0.15) is 0 Å². The molecule has 0 heterocycles. The summed E-state index contributed by atoms with van der Waals surface area (Å²) in [6.45, 7) is 0.918. The number of aliphatic hydroxyl groups excluding tert-OH is 5. The molecule has 8 atom stereocenters. The summed E-state index contributed by atoms with van der Waals surface area (Å²) < 4.78 is 49.3. The first-order chi connectivity index (χ1) is 33.6. The van der Waals surface area contributed by atoms with E-state index < -0.39 is 83.5 Å². The topological polar surface area (TPSA) is 276 Å². The molecule has 1 saturated carbocycles. The number of phosphoric ester groups is 2. The molecule has 0 radical (unpaired) electrons. The molecule has 70 heavy (non-hydrogen) atoms.